The van der Waals surface area contributed by atoms with Crippen LogP contribution in [0.1, 0.15) is 55.3 Å². The molecule has 4 heterocycles. The molecule has 0 atom stereocenters. The van der Waals surface area contributed by atoms with Gasteiger partial charge in [0.25, 0.3) is 5.69 Å². The number of nitro benzene ring substituents is 1. The first-order chi connectivity index (χ1) is 25.6. The number of aromatic nitrogens is 6. The van der Waals surface area contributed by atoms with Crippen molar-refractivity contribution in [2.75, 3.05) is 24.0 Å². The van der Waals surface area contributed by atoms with Crippen LogP contribution in [0.4, 0.5) is 5.69 Å². The average Bonchev–Trinajstić information content (AvgIpc) is 3.90. The Morgan fingerprint density at radius 1 is 0.870 bits per heavy atom. The molecule has 5 aromatic rings. The van der Waals surface area contributed by atoms with Crippen molar-refractivity contribution in [3.8, 4) is 0 Å². The zero-order valence-corrected chi connectivity index (χ0v) is 33.6. The van der Waals surface area contributed by atoms with Crippen molar-refractivity contribution in [2.24, 2.45) is 20.7 Å². The van der Waals surface area contributed by atoms with E-state index in [1.807, 2.05) is 0 Å². The Hall–Kier alpha value is -4.04. The molecule has 0 aliphatic carbocycles. The number of aromatic carboxylic acids is 1. The second kappa shape index (κ2) is 18.1. The number of carbonyl (C=O) groups is 1. The Morgan fingerprint density at radius 2 is 1.48 bits per heavy atom. The largest absolute Gasteiger partial charge is 0.478 e. The molecule has 0 unspecified atom stereocenters. The van der Waals surface area contributed by atoms with Crippen molar-refractivity contribution in [2.45, 2.75) is 70.3 Å². The van der Waals surface area contributed by atoms with E-state index < -0.39 is 35.6 Å². The van der Waals surface area contributed by atoms with Crippen LogP contribution in [0.2, 0.25) is 0 Å². The zero-order chi connectivity index (χ0) is 38.9. The van der Waals surface area contributed by atoms with E-state index in [4.69, 9.17) is 5.11 Å². The van der Waals surface area contributed by atoms with Crippen LogP contribution in [-0.2, 0) is 26.2 Å². The highest BCUT2D eigenvalue weighted by atomic mass is 32.2. The lowest BCUT2D eigenvalue weighted by atomic mass is 10.2. The Morgan fingerprint density at radius 3 is 2.13 bits per heavy atom. The summed E-state index contributed by atoms with van der Waals surface area (Å²) in [6.07, 6.45) is 7.20. The molecular weight excluding hydrogens is 823 g/mol. The molecule has 54 heavy (non-hydrogen) atoms. The van der Waals surface area contributed by atoms with Crippen LogP contribution >= 0.6 is 46.2 Å². The number of tetrazole rings is 1. The van der Waals surface area contributed by atoms with Gasteiger partial charge in [0.05, 0.1) is 30.9 Å². The summed E-state index contributed by atoms with van der Waals surface area (Å²) in [6.45, 7) is 0.590. The van der Waals surface area contributed by atoms with Gasteiger partial charge in [0.15, 0.2) is 8.68 Å². The average molecular weight is 856 g/mol. The number of carboxylic acid groups (broad SMARTS) is 1. The predicted molar refractivity (Wildman–Crippen MR) is 205 cm³/mol. The number of sulfone groups is 2. The molecule has 0 spiro atoms. The van der Waals surface area contributed by atoms with Crippen molar-refractivity contribution in [1.29, 1.82) is 0 Å². The number of fused-ring (bicyclic) bond motifs is 2. The highest BCUT2D eigenvalue weighted by molar-refractivity contribution is 8.02. The molecule has 0 amide bonds. The Balaban J connectivity index is 0.000000208. The SMILES string of the molecule is CS(=O)(=O)CCCCCC1(Sc2nc3ccc([N+](=O)[O-])cc3s2)N=NN=N1.CS(=O)(=O)CCCCCn1nnnc1Sc1nc2ccc(C(=O)O)cc2s1. The third-order valence-corrected chi connectivity index (χ3v) is 13.8. The normalized spacial score (nSPS) is 13.7. The number of rotatable bonds is 18. The quantitative estimate of drug-likeness (QED) is 0.0543. The van der Waals surface area contributed by atoms with Gasteiger partial charge in [0.1, 0.15) is 19.7 Å². The monoisotopic (exact) mass is 855 g/mol. The van der Waals surface area contributed by atoms with E-state index in [-0.39, 0.29) is 22.8 Å². The van der Waals surface area contributed by atoms with E-state index in [0.717, 1.165) is 40.2 Å². The molecular formula is C29H33N11O8S6. The molecule has 0 saturated carbocycles. The lowest BCUT2D eigenvalue weighted by Crippen LogP contribution is -2.16. The van der Waals surface area contributed by atoms with Crippen molar-refractivity contribution in [3.63, 3.8) is 0 Å². The maximum absolute atomic E-state index is 11.2. The fourth-order valence-corrected chi connectivity index (χ4v) is 10.7. The molecule has 1 aliphatic rings. The minimum absolute atomic E-state index is 0.0172. The van der Waals surface area contributed by atoms with Gasteiger partial charge in [-0.15, -0.1) is 38.0 Å². The number of thiazole rings is 2. The van der Waals surface area contributed by atoms with E-state index in [1.165, 1.54) is 76.9 Å². The number of unbranched alkanes of at least 4 members (excludes halogenated alkanes) is 4. The van der Waals surface area contributed by atoms with Crippen LogP contribution in [0.5, 0.6) is 0 Å². The molecule has 1 aliphatic heterocycles. The van der Waals surface area contributed by atoms with E-state index in [1.54, 1.807) is 22.9 Å². The highest BCUT2D eigenvalue weighted by Gasteiger charge is 2.35. The van der Waals surface area contributed by atoms with Gasteiger partial charge in [0, 0.05) is 49.1 Å². The lowest BCUT2D eigenvalue weighted by molar-refractivity contribution is -0.384. The molecule has 25 heteroatoms. The number of nitrogens with zero attached hydrogens (tertiary/aromatic N) is 11. The number of nitro groups is 1. The number of thioether (sulfide) groups is 1. The number of aryl methyl sites for hydroxylation is 1. The molecule has 0 bridgehead atoms. The summed E-state index contributed by atoms with van der Waals surface area (Å²) in [5, 5.41) is 47.7. The van der Waals surface area contributed by atoms with Gasteiger partial charge in [-0.2, -0.15) is 0 Å². The first-order valence-electron chi connectivity index (χ1n) is 16.1. The number of hydrogen-bond donors (Lipinski definition) is 1. The van der Waals surface area contributed by atoms with Gasteiger partial charge >= 0.3 is 5.97 Å². The van der Waals surface area contributed by atoms with Crippen LogP contribution in [0, 0.1) is 10.1 Å². The summed E-state index contributed by atoms with van der Waals surface area (Å²) in [4.78, 5) is 29.6. The summed E-state index contributed by atoms with van der Waals surface area (Å²) in [6, 6.07) is 9.34. The Bertz CT molecular complexity index is 2400. The van der Waals surface area contributed by atoms with Crippen molar-refractivity contribution in [3.05, 3.63) is 52.1 Å². The van der Waals surface area contributed by atoms with E-state index in [2.05, 4.69) is 46.2 Å². The fraction of sp³-hybridized carbons (Fsp3) is 0.448. The highest BCUT2D eigenvalue weighted by Crippen LogP contribution is 2.45. The number of benzene rings is 2. The molecule has 1 N–H and O–H groups in total. The van der Waals surface area contributed by atoms with Crippen LogP contribution in [0.15, 0.2) is 70.9 Å². The first-order valence-corrected chi connectivity index (χ1v) is 23.5. The molecule has 0 radical (unpaired) electrons. The predicted octanol–water partition coefficient (Wildman–Crippen LogP) is 6.74. The van der Waals surface area contributed by atoms with Gasteiger partial charge in [0.2, 0.25) is 10.2 Å². The van der Waals surface area contributed by atoms with Crippen molar-refractivity contribution >= 4 is 98.0 Å². The van der Waals surface area contributed by atoms with Crippen molar-refractivity contribution in [1.82, 2.24) is 30.2 Å². The summed E-state index contributed by atoms with van der Waals surface area (Å²) in [5.74, 6) is -0.625. The first kappa shape index (κ1) is 41.1. The zero-order valence-electron chi connectivity index (χ0n) is 28.7. The standard InChI is InChI=1S/C15H17N5O4S3.C14H16N6O4S3/c1-27(23,24)8-4-2-3-7-20-14(17-18-19-20)26-15-16-11-6-5-10(13(21)22)9-12(11)25-15;1-27(23,24)8-4-2-3-7-14(16-18-19-17-14)26-13-15-11-6-5-10(20(21)22)9-12(11)25-13/h5-6,9H,2-4,7-8H2,1H3,(H,21,22);5-6,9H,2-4,7-8H2,1H3. The molecule has 3 aromatic heterocycles. The smallest absolute Gasteiger partial charge is 0.335 e. The van der Waals surface area contributed by atoms with Crippen LogP contribution < -0.4 is 0 Å². The summed E-state index contributed by atoms with van der Waals surface area (Å²) >= 11 is 5.33. The third kappa shape index (κ3) is 12.2. The number of hydrogen-bond acceptors (Lipinski definition) is 20. The second-order valence-corrected chi connectivity index (χ2v) is 21.3. The van der Waals surface area contributed by atoms with Crippen molar-refractivity contribution < 1.29 is 31.7 Å². The van der Waals surface area contributed by atoms with Gasteiger partial charge < -0.3 is 5.11 Å². The molecule has 0 fully saturated rings. The van der Waals surface area contributed by atoms with Crippen LogP contribution in [-0.4, -0.2) is 92.0 Å². The Labute approximate surface area is 325 Å². The molecule has 6 rings (SSSR count). The maximum atomic E-state index is 11.2. The third-order valence-electron chi connectivity index (χ3n) is 7.45. The van der Waals surface area contributed by atoms with Gasteiger partial charge in [-0.05, 0) is 94.3 Å². The van der Waals surface area contributed by atoms with E-state index in [0.29, 0.717) is 45.5 Å². The lowest BCUT2D eigenvalue weighted by Gasteiger charge is -2.17. The molecule has 19 nitrogen and oxygen atoms in total. The number of carboxylic acids is 1. The van der Waals surface area contributed by atoms with E-state index in [9.17, 15) is 31.7 Å². The second-order valence-electron chi connectivity index (χ2n) is 12.0. The van der Waals surface area contributed by atoms with Gasteiger partial charge in [-0.25, -0.2) is 36.3 Å². The Kier molecular flexibility index (Phi) is 13.8. The maximum Gasteiger partial charge on any atom is 0.335 e. The van der Waals surface area contributed by atoms with Gasteiger partial charge in [-0.1, -0.05) is 12.8 Å². The number of non-ortho nitro benzene ring substituents is 1. The molecule has 288 valence electrons. The minimum Gasteiger partial charge on any atom is -0.478 e. The van der Waals surface area contributed by atoms with Crippen LogP contribution in [0.25, 0.3) is 20.4 Å². The fourth-order valence-electron chi connectivity index (χ4n) is 4.85. The molecule has 2 aromatic carbocycles. The summed E-state index contributed by atoms with van der Waals surface area (Å²) < 4.78 is 49.2. The minimum atomic E-state index is -2.96. The van der Waals surface area contributed by atoms with E-state index >= 15 is 0 Å². The molecule has 0 saturated heterocycles. The summed E-state index contributed by atoms with van der Waals surface area (Å²) in [5.41, 5.74) is 1.64. The summed E-state index contributed by atoms with van der Waals surface area (Å²) in [7, 11) is -5.88. The topological polar surface area (TPSA) is 268 Å². The van der Waals surface area contributed by atoms with Crippen LogP contribution in [0.3, 0.4) is 0 Å². The van der Waals surface area contributed by atoms with Gasteiger partial charge in [-0.3, -0.25) is 10.1 Å².